The van der Waals surface area contributed by atoms with Gasteiger partial charge < -0.3 is 15.5 Å². The quantitative estimate of drug-likeness (QED) is 0.763. The first-order valence-corrected chi connectivity index (χ1v) is 8.94. The normalized spacial score (nSPS) is 14.4. The van der Waals surface area contributed by atoms with Gasteiger partial charge in [0.05, 0.1) is 5.56 Å². The number of benzene rings is 2. The predicted octanol–water partition coefficient (Wildman–Crippen LogP) is 3.80. The Morgan fingerprint density at radius 2 is 1.52 bits per heavy atom. The lowest BCUT2D eigenvalue weighted by atomic mass is 10.1. The van der Waals surface area contributed by atoms with Gasteiger partial charge in [0.25, 0.3) is 0 Å². The van der Waals surface area contributed by atoms with Gasteiger partial charge in [-0.15, -0.1) is 0 Å². The van der Waals surface area contributed by atoms with Gasteiger partial charge in [0.15, 0.2) is 0 Å². The van der Waals surface area contributed by atoms with E-state index in [2.05, 4.69) is 10.6 Å². The van der Waals surface area contributed by atoms with Crippen LogP contribution in [-0.2, 0) is 20.6 Å². The van der Waals surface area contributed by atoms with Crippen LogP contribution in [0.4, 0.5) is 30.2 Å². The molecule has 0 unspecified atom stereocenters. The predicted molar refractivity (Wildman–Crippen MR) is 101 cm³/mol. The topological polar surface area (TPSA) is 78.5 Å². The number of amides is 3. The zero-order valence-corrected chi connectivity index (χ0v) is 15.3. The van der Waals surface area contributed by atoms with Gasteiger partial charge in [0.1, 0.15) is 0 Å². The number of nitrogens with zero attached hydrogens (tertiary/aromatic N) is 1. The average molecular weight is 405 g/mol. The summed E-state index contributed by atoms with van der Waals surface area (Å²) in [6, 6.07) is 10.5. The Balaban J connectivity index is 1.66. The maximum absolute atomic E-state index is 12.8. The Kier molecular flexibility index (Phi) is 5.86. The van der Waals surface area contributed by atoms with Crippen LogP contribution in [0, 0.1) is 0 Å². The minimum Gasteiger partial charge on any atom is -0.318 e. The highest BCUT2D eigenvalue weighted by Crippen LogP contribution is 2.30. The minimum atomic E-state index is -4.56. The van der Waals surface area contributed by atoms with Crippen LogP contribution in [0.5, 0.6) is 0 Å². The van der Waals surface area contributed by atoms with Gasteiger partial charge in [-0.25, -0.2) is 0 Å². The van der Waals surface area contributed by atoms with Crippen molar-refractivity contribution in [3.8, 4) is 0 Å². The zero-order chi connectivity index (χ0) is 21.0. The van der Waals surface area contributed by atoms with E-state index in [-0.39, 0.29) is 11.6 Å². The van der Waals surface area contributed by atoms with Crippen LogP contribution >= 0.6 is 0 Å². The van der Waals surface area contributed by atoms with E-state index in [1.165, 1.54) is 6.07 Å². The molecule has 3 rings (SSSR count). The Morgan fingerprint density at radius 1 is 0.897 bits per heavy atom. The number of hydrogen-bond donors (Lipinski definition) is 2. The summed E-state index contributed by atoms with van der Waals surface area (Å²) in [6.07, 6.45) is -2.39. The van der Waals surface area contributed by atoms with Crippen molar-refractivity contribution in [3.63, 3.8) is 0 Å². The molecule has 2 aromatic rings. The van der Waals surface area contributed by atoms with Crippen molar-refractivity contribution in [2.45, 2.75) is 25.4 Å². The van der Waals surface area contributed by atoms with Gasteiger partial charge >= 0.3 is 18.0 Å². The van der Waals surface area contributed by atoms with Gasteiger partial charge in [-0.3, -0.25) is 14.4 Å². The molecular formula is C20H18F3N3O3. The number of hydrogen-bond acceptors (Lipinski definition) is 3. The van der Waals surface area contributed by atoms with Crippen molar-refractivity contribution in [3.05, 3.63) is 54.1 Å². The van der Waals surface area contributed by atoms with Crippen molar-refractivity contribution in [1.29, 1.82) is 0 Å². The highest BCUT2D eigenvalue weighted by Gasteiger charge is 2.30. The fraction of sp³-hybridized carbons (Fsp3) is 0.250. The Bertz CT molecular complexity index is 944. The molecule has 1 heterocycles. The first-order valence-electron chi connectivity index (χ1n) is 8.94. The number of carbonyl (C=O) groups is 3. The average Bonchev–Trinajstić information content (AvgIpc) is 2.68. The Labute approximate surface area is 164 Å². The summed E-state index contributed by atoms with van der Waals surface area (Å²) in [4.78, 5) is 37.8. The van der Waals surface area contributed by atoms with Crippen molar-refractivity contribution in [2.75, 3.05) is 22.1 Å². The van der Waals surface area contributed by atoms with Gasteiger partial charge in [0.2, 0.25) is 5.91 Å². The van der Waals surface area contributed by atoms with Crippen molar-refractivity contribution >= 4 is 34.8 Å². The van der Waals surface area contributed by atoms with Crippen LogP contribution in [0.15, 0.2) is 48.5 Å². The molecule has 152 valence electrons. The van der Waals surface area contributed by atoms with E-state index >= 15 is 0 Å². The maximum Gasteiger partial charge on any atom is 0.416 e. The van der Waals surface area contributed by atoms with Crippen LogP contribution in [0.2, 0.25) is 0 Å². The molecule has 2 N–H and O–H groups in total. The molecule has 0 aliphatic carbocycles. The lowest BCUT2D eigenvalue weighted by molar-refractivity contribution is -0.137. The van der Waals surface area contributed by atoms with E-state index in [0.717, 1.165) is 31.0 Å². The number of alkyl halides is 3. The lowest BCUT2D eigenvalue weighted by Gasteiger charge is -2.27. The molecule has 0 saturated carbocycles. The van der Waals surface area contributed by atoms with Crippen LogP contribution in [-0.4, -0.2) is 24.3 Å². The molecular weight excluding hydrogens is 387 g/mol. The van der Waals surface area contributed by atoms with Gasteiger partial charge in [-0.2, -0.15) is 13.2 Å². The second-order valence-electron chi connectivity index (χ2n) is 6.54. The molecule has 3 amide bonds. The highest BCUT2D eigenvalue weighted by atomic mass is 19.4. The van der Waals surface area contributed by atoms with Crippen LogP contribution in [0.3, 0.4) is 0 Å². The summed E-state index contributed by atoms with van der Waals surface area (Å²) in [5.74, 6) is -2.16. The molecule has 0 spiro atoms. The number of nitrogens with one attached hydrogen (secondary N) is 2. The maximum atomic E-state index is 12.8. The molecule has 29 heavy (non-hydrogen) atoms. The molecule has 9 heteroatoms. The Morgan fingerprint density at radius 3 is 2.14 bits per heavy atom. The molecule has 2 aromatic carbocycles. The van der Waals surface area contributed by atoms with Crippen molar-refractivity contribution < 1.29 is 27.6 Å². The number of piperidine rings is 1. The molecule has 1 aliphatic rings. The standard InChI is InChI=1S/C20H18F3N3O3/c21-20(22,23)13-5-3-6-14(11-13)24-18(28)19(29)25-15-7-4-8-16(12-15)26-10-2-1-9-17(26)27/h3-8,11-12H,1-2,9-10H2,(H,24,28)(H,25,29). The van der Waals surface area contributed by atoms with Gasteiger partial charge in [-0.05, 0) is 49.2 Å². The van der Waals surface area contributed by atoms with E-state index in [1.807, 2.05) is 0 Å². The lowest BCUT2D eigenvalue weighted by Crippen LogP contribution is -2.35. The fourth-order valence-corrected chi connectivity index (χ4v) is 2.98. The first-order chi connectivity index (χ1) is 13.7. The summed E-state index contributed by atoms with van der Waals surface area (Å²) >= 11 is 0. The molecule has 0 aromatic heterocycles. The van der Waals surface area contributed by atoms with E-state index in [1.54, 1.807) is 29.2 Å². The van der Waals surface area contributed by atoms with E-state index < -0.39 is 23.6 Å². The largest absolute Gasteiger partial charge is 0.416 e. The second-order valence-corrected chi connectivity index (χ2v) is 6.54. The van der Waals surface area contributed by atoms with E-state index in [4.69, 9.17) is 0 Å². The van der Waals surface area contributed by atoms with E-state index in [0.29, 0.717) is 24.3 Å². The third kappa shape index (κ3) is 5.13. The summed E-state index contributed by atoms with van der Waals surface area (Å²) in [5, 5.41) is 4.53. The van der Waals surface area contributed by atoms with Crippen molar-refractivity contribution in [2.24, 2.45) is 0 Å². The third-order valence-corrected chi connectivity index (χ3v) is 4.39. The molecule has 0 radical (unpaired) electrons. The van der Waals surface area contributed by atoms with Crippen molar-refractivity contribution in [1.82, 2.24) is 0 Å². The summed E-state index contributed by atoms with van der Waals surface area (Å²) < 4.78 is 38.3. The molecule has 0 atom stereocenters. The summed E-state index contributed by atoms with van der Waals surface area (Å²) in [5.41, 5.74) is -0.182. The van der Waals surface area contributed by atoms with Crippen LogP contribution in [0.25, 0.3) is 0 Å². The zero-order valence-electron chi connectivity index (χ0n) is 15.3. The minimum absolute atomic E-state index is 0.0120. The molecule has 1 fully saturated rings. The molecule has 6 nitrogen and oxygen atoms in total. The van der Waals surface area contributed by atoms with Gasteiger partial charge in [0, 0.05) is 30.0 Å². The number of anilines is 3. The monoisotopic (exact) mass is 405 g/mol. The molecule has 0 bridgehead atoms. The SMILES string of the molecule is O=C(Nc1cccc(N2CCCCC2=O)c1)C(=O)Nc1cccc(C(F)(F)F)c1. The highest BCUT2D eigenvalue weighted by molar-refractivity contribution is 6.43. The third-order valence-electron chi connectivity index (χ3n) is 4.39. The number of rotatable bonds is 3. The smallest absolute Gasteiger partial charge is 0.318 e. The molecule has 1 saturated heterocycles. The number of carbonyl (C=O) groups excluding carboxylic acids is 3. The first kappa shape index (κ1) is 20.4. The molecule has 1 aliphatic heterocycles. The summed E-state index contributed by atoms with van der Waals surface area (Å²) in [7, 11) is 0. The van der Waals surface area contributed by atoms with Crippen LogP contribution in [0.1, 0.15) is 24.8 Å². The second kappa shape index (κ2) is 8.34. The number of halogens is 3. The van der Waals surface area contributed by atoms with Gasteiger partial charge in [-0.1, -0.05) is 12.1 Å². The van der Waals surface area contributed by atoms with E-state index in [9.17, 15) is 27.6 Å². The summed E-state index contributed by atoms with van der Waals surface area (Å²) in [6.45, 7) is 0.576. The Hall–Kier alpha value is -3.36. The fourth-order valence-electron chi connectivity index (χ4n) is 2.98. The van der Waals surface area contributed by atoms with Crippen LogP contribution < -0.4 is 15.5 Å².